The van der Waals surface area contributed by atoms with Gasteiger partial charge in [-0.2, -0.15) is 0 Å². The lowest BCUT2D eigenvalue weighted by Gasteiger charge is -2.17. The molecular formula is C14H19N5. The zero-order valence-electron chi connectivity index (χ0n) is 11.5. The highest BCUT2D eigenvalue weighted by atomic mass is 15.1. The van der Waals surface area contributed by atoms with E-state index < -0.39 is 0 Å². The van der Waals surface area contributed by atoms with Crippen molar-refractivity contribution in [3.63, 3.8) is 0 Å². The van der Waals surface area contributed by atoms with Crippen LogP contribution in [0.1, 0.15) is 37.0 Å². The van der Waals surface area contributed by atoms with Crippen LogP contribution in [0.2, 0.25) is 0 Å². The molecule has 5 heteroatoms. The first-order valence-electron chi connectivity index (χ1n) is 6.42. The van der Waals surface area contributed by atoms with Gasteiger partial charge in [-0.1, -0.05) is 13.0 Å². The molecule has 0 radical (unpaired) electrons. The number of nitrogens with zero attached hydrogens (tertiary/aromatic N) is 3. The second kappa shape index (κ2) is 5.65. The van der Waals surface area contributed by atoms with E-state index in [1.165, 1.54) is 0 Å². The van der Waals surface area contributed by atoms with Gasteiger partial charge in [0, 0.05) is 18.2 Å². The molecule has 0 amide bonds. The minimum Gasteiger partial charge on any atom is -0.383 e. The van der Waals surface area contributed by atoms with E-state index in [0.29, 0.717) is 5.82 Å². The van der Waals surface area contributed by atoms with Gasteiger partial charge < -0.3 is 11.1 Å². The average molecular weight is 257 g/mol. The van der Waals surface area contributed by atoms with E-state index in [9.17, 15) is 0 Å². The molecule has 2 rings (SSSR count). The highest BCUT2D eigenvalue weighted by molar-refractivity contribution is 5.55. The monoisotopic (exact) mass is 257 g/mol. The number of nitrogen functional groups attached to an aromatic ring is 1. The van der Waals surface area contributed by atoms with E-state index in [2.05, 4.69) is 20.3 Å². The summed E-state index contributed by atoms with van der Waals surface area (Å²) in [4.78, 5) is 13.1. The molecule has 1 atom stereocenters. The Hall–Kier alpha value is -2.17. The summed E-state index contributed by atoms with van der Waals surface area (Å²) in [6, 6.07) is 5.93. The second-order valence-electron chi connectivity index (χ2n) is 4.47. The van der Waals surface area contributed by atoms with Gasteiger partial charge in [0.2, 0.25) is 0 Å². The van der Waals surface area contributed by atoms with Crippen LogP contribution in [0.4, 0.5) is 11.6 Å². The molecule has 0 fully saturated rings. The molecule has 2 aromatic rings. The summed E-state index contributed by atoms with van der Waals surface area (Å²) >= 11 is 0. The van der Waals surface area contributed by atoms with Crippen LogP contribution < -0.4 is 11.1 Å². The fourth-order valence-electron chi connectivity index (χ4n) is 1.79. The number of nitrogens with two attached hydrogens (primary N) is 1. The number of nitrogens with one attached hydrogen (secondary N) is 1. The highest BCUT2D eigenvalue weighted by Gasteiger charge is 2.12. The van der Waals surface area contributed by atoms with Crippen molar-refractivity contribution in [3.05, 3.63) is 41.5 Å². The van der Waals surface area contributed by atoms with E-state index in [1.54, 1.807) is 6.20 Å². The maximum Gasteiger partial charge on any atom is 0.135 e. The number of hydrogen-bond acceptors (Lipinski definition) is 5. The summed E-state index contributed by atoms with van der Waals surface area (Å²) < 4.78 is 0. The van der Waals surface area contributed by atoms with Crippen molar-refractivity contribution in [3.8, 4) is 0 Å². The van der Waals surface area contributed by atoms with Crippen LogP contribution in [-0.4, -0.2) is 15.0 Å². The van der Waals surface area contributed by atoms with Crippen molar-refractivity contribution in [2.75, 3.05) is 11.1 Å². The lowest BCUT2D eigenvalue weighted by atomic mass is 10.2. The Morgan fingerprint density at radius 3 is 2.74 bits per heavy atom. The number of rotatable bonds is 4. The Labute approximate surface area is 113 Å². The zero-order chi connectivity index (χ0) is 13.8. The van der Waals surface area contributed by atoms with E-state index in [0.717, 1.165) is 29.3 Å². The maximum atomic E-state index is 5.90. The first-order valence-corrected chi connectivity index (χ1v) is 6.42. The summed E-state index contributed by atoms with van der Waals surface area (Å²) in [6.45, 7) is 5.98. The molecule has 0 aliphatic heterocycles. The van der Waals surface area contributed by atoms with Crippen LogP contribution in [0, 0.1) is 6.92 Å². The molecule has 1 unspecified atom stereocenters. The van der Waals surface area contributed by atoms with Gasteiger partial charge in [-0.15, -0.1) is 0 Å². The van der Waals surface area contributed by atoms with Crippen LogP contribution >= 0.6 is 0 Å². The molecule has 0 bridgehead atoms. The van der Waals surface area contributed by atoms with Gasteiger partial charge in [-0.25, -0.2) is 9.97 Å². The molecule has 3 N–H and O–H groups in total. The number of hydrogen-bond donors (Lipinski definition) is 2. The Kier molecular flexibility index (Phi) is 3.94. The van der Waals surface area contributed by atoms with Gasteiger partial charge >= 0.3 is 0 Å². The zero-order valence-corrected chi connectivity index (χ0v) is 11.5. The Morgan fingerprint density at radius 2 is 2.11 bits per heavy atom. The minimum absolute atomic E-state index is 0.0684. The topological polar surface area (TPSA) is 76.7 Å². The van der Waals surface area contributed by atoms with E-state index in [1.807, 2.05) is 39.0 Å². The third-order valence-corrected chi connectivity index (χ3v) is 3.03. The van der Waals surface area contributed by atoms with Crippen LogP contribution in [0.15, 0.2) is 24.4 Å². The summed E-state index contributed by atoms with van der Waals surface area (Å²) in [5.74, 6) is 2.06. The first kappa shape index (κ1) is 13.3. The number of anilines is 2. The first-order chi connectivity index (χ1) is 9.11. The number of pyridine rings is 1. The molecule has 0 saturated heterocycles. The lowest BCUT2D eigenvalue weighted by molar-refractivity contribution is 0.820. The molecule has 0 spiro atoms. The van der Waals surface area contributed by atoms with Gasteiger partial charge in [0.1, 0.15) is 17.5 Å². The molecule has 19 heavy (non-hydrogen) atoms. The van der Waals surface area contributed by atoms with Crippen molar-refractivity contribution < 1.29 is 0 Å². The molecule has 100 valence electrons. The molecule has 5 nitrogen and oxygen atoms in total. The van der Waals surface area contributed by atoms with Crippen LogP contribution in [0.3, 0.4) is 0 Å². The number of aromatic nitrogens is 3. The second-order valence-corrected chi connectivity index (χ2v) is 4.47. The fourth-order valence-corrected chi connectivity index (χ4v) is 1.79. The average Bonchev–Trinajstić information content (AvgIpc) is 2.44. The van der Waals surface area contributed by atoms with Crippen molar-refractivity contribution in [1.82, 2.24) is 15.0 Å². The fraction of sp³-hybridized carbons (Fsp3) is 0.357. The normalized spacial score (nSPS) is 12.2. The van der Waals surface area contributed by atoms with Crippen molar-refractivity contribution >= 4 is 11.6 Å². The molecule has 0 aromatic carbocycles. The molecule has 0 aliphatic carbocycles. The Morgan fingerprint density at radius 1 is 1.32 bits per heavy atom. The summed E-state index contributed by atoms with van der Waals surface area (Å²) in [7, 11) is 0. The molecule has 0 saturated carbocycles. The van der Waals surface area contributed by atoms with Crippen LogP contribution in [-0.2, 0) is 6.42 Å². The van der Waals surface area contributed by atoms with E-state index in [-0.39, 0.29) is 6.04 Å². The van der Waals surface area contributed by atoms with Crippen molar-refractivity contribution in [1.29, 1.82) is 0 Å². The van der Waals surface area contributed by atoms with E-state index in [4.69, 9.17) is 5.73 Å². The van der Waals surface area contributed by atoms with E-state index >= 15 is 0 Å². The van der Waals surface area contributed by atoms with Gasteiger partial charge in [0.05, 0.1) is 11.7 Å². The van der Waals surface area contributed by atoms with Crippen molar-refractivity contribution in [2.24, 2.45) is 0 Å². The highest BCUT2D eigenvalue weighted by Crippen LogP contribution is 2.22. The predicted molar refractivity (Wildman–Crippen MR) is 76.8 cm³/mol. The molecule has 2 heterocycles. The summed E-state index contributed by atoms with van der Waals surface area (Å²) in [5, 5.41) is 3.35. The Bertz CT molecular complexity index is 553. The van der Waals surface area contributed by atoms with Gasteiger partial charge in [0.25, 0.3) is 0 Å². The lowest BCUT2D eigenvalue weighted by Crippen LogP contribution is -2.13. The number of aryl methyl sites for hydroxylation is 1. The third kappa shape index (κ3) is 2.99. The quantitative estimate of drug-likeness (QED) is 0.880. The van der Waals surface area contributed by atoms with Gasteiger partial charge in [-0.3, -0.25) is 4.98 Å². The van der Waals surface area contributed by atoms with Crippen LogP contribution in [0.5, 0.6) is 0 Å². The van der Waals surface area contributed by atoms with Gasteiger partial charge in [0.15, 0.2) is 0 Å². The molecule has 0 aliphatic rings. The maximum absolute atomic E-state index is 5.90. The summed E-state index contributed by atoms with van der Waals surface area (Å²) in [5.41, 5.74) is 7.75. The molecular weight excluding hydrogens is 238 g/mol. The SMILES string of the molecule is CCc1nc(N)c(C)c(NC(C)c2ccccn2)n1. The largest absolute Gasteiger partial charge is 0.383 e. The van der Waals surface area contributed by atoms with Gasteiger partial charge in [-0.05, 0) is 26.0 Å². The van der Waals surface area contributed by atoms with Crippen molar-refractivity contribution in [2.45, 2.75) is 33.2 Å². The minimum atomic E-state index is 0.0684. The molecule has 2 aromatic heterocycles. The standard InChI is InChI=1S/C14H19N5/c1-4-12-18-13(15)9(2)14(19-12)17-10(3)11-7-5-6-8-16-11/h5-8,10H,4H2,1-3H3,(H3,15,17,18,19). The smallest absolute Gasteiger partial charge is 0.135 e. The van der Waals surface area contributed by atoms with Crippen LogP contribution in [0.25, 0.3) is 0 Å². The Balaban J connectivity index is 2.26. The predicted octanol–water partition coefficient (Wildman–Crippen LogP) is 2.50. The summed E-state index contributed by atoms with van der Waals surface area (Å²) in [6.07, 6.45) is 2.54. The third-order valence-electron chi connectivity index (χ3n) is 3.03.